The van der Waals surface area contributed by atoms with Gasteiger partial charge in [0.15, 0.2) is 0 Å². The highest BCUT2D eigenvalue weighted by Gasteiger charge is 2.37. The van der Waals surface area contributed by atoms with E-state index in [0.29, 0.717) is 16.7 Å². The van der Waals surface area contributed by atoms with Gasteiger partial charge in [0, 0.05) is 36.4 Å². The fraction of sp³-hybridized carbons (Fsp3) is 0.100. The van der Waals surface area contributed by atoms with Crippen molar-refractivity contribution in [3.05, 3.63) is 120 Å². The van der Waals surface area contributed by atoms with E-state index in [2.05, 4.69) is 0 Å². The molecule has 10 nitrogen and oxygen atoms in total. The van der Waals surface area contributed by atoms with Gasteiger partial charge in [-0.1, -0.05) is 36.4 Å². The Morgan fingerprint density at radius 3 is 0.967 bits per heavy atom. The molecule has 3 rings (SSSR count). The Kier molecular flexibility index (Phi) is 5.52. The highest BCUT2D eigenvalue weighted by Crippen LogP contribution is 2.40. The van der Waals surface area contributed by atoms with Crippen molar-refractivity contribution in [1.29, 1.82) is 0 Å². The van der Waals surface area contributed by atoms with E-state index in [0.717, 1.165) is 0 Å². The number of hydrogen-bond acceptors (Lipinski definition) is 7. The second kappa shape index (κ2) is 8.05. The second-order valence-corrected chi connectivity index (χ2v) is 6.48. The minimum absolute atomic E-state index is 0.141. The molecule has 0 aromatic heterocycles. The first-order valence-electron chi connectivity index (χ1n) is 8.65. The van der Waals surface area contributed by atoms with Gasteiger partial charge in [0.2, 0.25) is 0 Å². The maximum absolute atomic E-state index is 11.0. The molecule has 0 heterocycles. The third-order valence-electron chi connectivity index (χ3n) is 4.95. The Morgan fingerprint density at radius 2 is 0.800 bits per heavy atom. The predicted octanol–water partition coefficient (Wildman–Crippen LogP) is 3.74. The van der Waals surface area contributed by atoms with E-state index < -0.39 is 26.8 Å². The van der Waals surface area contributed by atoms with Crippen molar-refractivity contribution in [3.8, 4) is 0 Å². The number of nitrogens with zero attached hydrogens (tertiary/aromatic N) is 3. The molecule has 0 aliphatic rings. The molecule has 0 amide bonds. The third-order valence-corrected chi connectivity index (χ3v) is 4.95. The summed E-state index contributed by atoms with van der Waals surface area (Å²) in [5, 5.41) is 43.5. The summed E-state index contributed by atoms with van der Waals surface area (Å²) >= 11 is 0. The molecule has 0 saturated heterocycles. The topological polar surface area (TPSA) is 150 Å². The molecule has 152 valence electrons. The van der Waals surface area contributed by atoms with E-state index in [1.54, 1.807) is 0 Å². The van der Waals surface area contributed by atoms with E-state index in [1.807, 2.05) is 0 Å². The summed E-state index contributed by atoms with van der Waals surface area (Å²) in [6.07, 6.45) is 0. The van der Waals surface area contributed by atoms with Crippen LogP contribution in [0.15, 0.2) is 72.8 Å². The average molecular weight is 409 g/mol. The average Bonchev–Trinajstić information content (AvgIpc) is 2.75. The maximum Gasteiger partial charge on any atom is 0.269 e. The molecule has 0 radical (unpaired) electrons. The lowest BCUT2D eigenvalue weighted by Crippen LogP contribution is -2.33. The summed E-state index contributed by atoms with van der Waals surface area (Å²) in [6.45, 7) is -0.486. The zero-order valence-corrected chi connectivity index (χ0v) is 15.4. The van der Waals surface area contributed by atoms with Crippen LogP contribution in [-0.4, -0.2) is 26.5 Å². The van der Waals surface area contributed by atoms with Crippen molar-refractivity contribution < 1.29 is 19.9 Å². The van der Waals surface area contributed by atoms with E-state index in [-0.39, 0.29) is 17.1 Å². The molecule has 10 heteroatoms. The summed E-state index contributed by atoms with van der Waals surface area (Å²) in [5.74, 6) is 0. The second-order valence-electron chi connectivity index (χ2n) is 6.48. The normalized spacial score (nSPS) is 11.1. The molecule has 0 aliphatic carbocycles. The molecule has 0 aliphatic heterocycles. The van der Waals surface area contributed by atoms with Crippen LogP contribution in [0.3, 0.4) is 0 Å². The van der Waals surface area contributed by atoms with Crippen molar-refractivity contribution in [3.63, 3.8) is 0 Å². The van der Waals surface area contributed by atoms with Gasteiger partial charge in [-0.05, 0) is 16.7 Å². The van der Waals surface area contributed by atoms with Crippen LogP contribution < -0.4 is 0 Å². The molecular formula is C20H15N3O7. The first-order valence-corrected chi connectivity index (χ1v) is 8.65. The van der Waals surface area contributed by atoms with Gasteiger partial charge in [0.25, 0.3) is 17.1 Å². The maximum atomic E-state index is 11.0. The summed E-state index contributed by atoms with van der Waals surface area (Å²) in [5.41, 5.74) is -0.219. The molecule has 1 N–H and O–H groups in total. The molecule has 0 fully saturated rings. The van der Waals surface area contributed by atoms with Crippen molar-refractivity contribution in [2.75, 3.05) is 6.61 Å². The van der Waals surface area contributed by atoms with Gasteiger partial charge < -0.3 is 5.11 Å². The quantitative estimate of drug-likeness (QED) is 0.355. The lowest BCUT2D eigenvalue weighted by Gasteiger charge is -2.34. The number of aliphatic hydroxyl groups is 1. The number of non-ortho nitro benzene ring substituents is 3. The Labute approximate surface area is 169 Å². The van der Waals surface area contributed by atoms with E-state index in [1.165, 1.54) is 72.8 Å². The van der Waals surface area contributed by atoms with Crippen LogP contribution in [0.2, 0.25) is 0 Å². The van der Waals surface area contributed by atoms with Gasteiger partial charge in [0.1, 0.15) is 0 Å². The Hall–Kier alpha value is -4.18. The Balaban J connectivity index is 2.23. The third kappa shape index (κ3) is 3.59. The minimum Gasteiger partial charge on any atom is -0.395 e. The Bertz CT molecular complexity index is 955. The molecule has 3 aromatic rings. The Morgan fingerprint density at radius 1 is 0.567 bits per heavy atom. The number of rotatable bonds is 7. The largest absolute Gasteiger partial charge is 0.395 e. The smallest absolute Gasteiger partial charge is 0.269 e. The van der Waals surface area contributed by atoms with Crippen LogP contribution in [0.25, 0.3) is 0 Å². The lowest BCUT2D eigenvalue weighted by atomic mass is 9.70. The van der Waals surface area contributed by atoms with Gasteiger partial charge in [-0.3, -0.25) is 30.3 Å². The van der Waals surface area contributed by atoms with Crippen molar-refractivity contribution in [2.45, 2.75) is 5.41 Å². The van der Waals surface area contributed by atoms with E-state index in [9.17, 15) is 35.4 Å². The van der Waals surface area contributed by atoms with Crippen molar-refractivity contribution in [2.24, 2.45) is 0 Å². The van der Waals surface area contributed by atoms with Crippen LogP contribution >= 0.6 is 0 Å². The molecule has 0 unspecified atom stereocenters. The molecule has 0 bridgehead atoms. The standard InChI is InChI=1S/C20H15N3O7/c24-13-20(14-1-7-17(8-2-14)21(25)26,15-3-9-18(10-4-15)22(27)28)16-5-11-19(12-6-16)23(29)30/h1-12,24H,13H2. The molecule has 30 heavy (non-hydrogen) atoms. The highest BCUT2D eigenvalue weighted by molar-refractivity contribution is 5.54. The number of nitro groups is 3. The fourth-order valence-corrected chi connectivity index (χ4v) is 3.38. The van der Waals surface area contributed by atoms with Gasteiger partial charge in [-0.2, -0.15) is 0 Å². The molecule has 3 aromatic carbocycles. The highest BCUT2D eigenvalue weighted by atomic mass is 16.6. The van der Waals surface area contributed by atoms with E-state index in [4.69, 9.17) is 0 Å². The van der Waals surface area contributed by atoms with Crippen molar-refractivity contribution in [1.82, 2.24) is 0 Å². The number of nitro benzene ring substituents is 3. The summed E-state index contributed by atoms with van der Waals surface area (Å²) in [6, 6.07) is 16.6. The van der Waals surface area contributed by atoms with Gasteiger partial charge in [-0.25, -0.2) is 0 Å². The summed E-state index contributed by atoms with van der Waals surface area (Å²) in [4.78, 5) is 31.3. The lowest BCUT2D eigenvalue weighted by molar-refractivity contribution is -0.385. The molecule has 0 saturated carbocycles. The van der Waals surface area contributed by atoms with Crippen LogP contribution in [0, 0.1) is 30.3 Å². The first kappa shape index (κ1) is 20.6. The fourth-order valence-electron chi connectivity index (χ4n) is 3.38. The van der Waals surface area contributed by atoms with Gasteiger partial charge >= 0.3 is 0 Å². The molecular weight excluding hydrogens is 394 g/mol. The first-order chi connectivity index (χ1) is 14.3. The molecule has 0 atom stereocenters. The van der Waals surface area contributed by atoms with Crippen LogP contribution in [0.4, 0.5) is 17.1 Å². The van der Waals surface area contributed by atoms with Gasteiger partial charge in [-0.15, -0.1) is 0 Å². The van der Waals surface area contributed by atoms with Crippen LogP contribution in [0.5, 0.6) is 0 Å². The van der Waals surface area contributed by atoms with E-state index >= 15 is 0 Å². The number of aliphatic hydroxyl groups excluding tert-OH is 1. The summed E-state index contributed by atoms with van der Waals surface area (Å²) < 4.78 is 0. The summed E-state index contributed by atoms with van der Waals surface area (Å²) in [7, 11) is 0. The van der Waals surface area contributed by atoms with Crippen molar-refractivity contribution >= 4 is 17.1 Å². The van der Waals surface area contributed by atoms with Crippen LogP contribution in [-0.2, 0) is 5.41 Å². The monoisotopic (exact) mass is 409 g/mol. The zero-order chi connectivity index (χ0) is 21.9. The van der Waals surface area contributed by atoms with Gasteiger partial charge in [0.05, 0.1) is 26.8 Å². The zero-order valence-electron chi connectivity index (χ0n) is 15.4. The SMILES string of the molecule is O=[N+]([O-])c1ccc(C(CO)(c2ccc([N+](=O)[O-])cc2)c2ccc([N+](=O)[O-])cc2)cc1. The molecule has 0 spiro atoms. The number of benzene rings is 3. The minimum atomic E-state index is -1.25. The predicted molar refractivity (Wildman–Crippen MR) is 106 cm³/mol. The van der Waals surface area contributed by atoms with Crippen LogP contribution in [0.1, 0.15) is 16.7 Å². The number of hydrogen-bond donors (Lipinski definition) is 1.